The molecule has 0 radical (unpaired) electrons. The van der Waals surface area contributed by atoms with Crippen molar-refractivity contribution in [3.05, 3.63) is 59.7 Å². The monoisotopic (exact) mass is 367 g/mol. The Kier molecular flexibility index (Phi) is 5.41. The number of anilines is 2. The molecule has 1 unspecified atom stereocenters. The molecule has 1 N–H and O–H groups in total. The van der Waals surface area contributed by atoms with E-state index < -0.39 is 0 Å². The van der Waals surface area contributed by atoms with Gasteiger partial charge in [0.1, 0.15) is 26.2 Å². The van der Waals surface area contributed by atoms with E-state index >= 15 is 0 Å². The van der Waals surface area contributed by atoms with Crippen molar-refractivity contribution in [1.82, 2.24) is 0 Å². The van der Waals surface area contributed by atoms with Gasteiger partial charge in [0.25, 0.3) is 0 Å². The fraction of sp³-hybridized carbons (Fsp3) is 0.409. The third-order valence-electron chi connectivity index (χ3n) is 5.63. The lowest BCUT2D eigenvalue weighted by Gasteiger charge is -2.24. The molecule has 2 aromatic rings. The molecule has 5 heteroatoms. The van der Waals surface area contributed by atoms with Gasteiger partial charge >= 0.3 is 5.97 Å². The molecule has 4 rings (SSSR count). The molecule has 0 saturated carbocycles. The van der Waals surface area contributed by atoms with Crippen LogP contribution in [-0.2, 0) is 20.7 Å². The van der Waals surface area contributed by atoms with Crippen molar-refractivity contribution in [3.63, 3.8) is 0 Å². The summed E-state index contributed by atoms with van der Waals surface area (Å²) < 4.78 is 11.1. The Balaban J connectivity index is 1.52. The number of fused-ring (bicyclic) bond motifs is 2. The van der Waals surface area contributed by atoms with Gasteiger partial charge in [0.15, 0.2) is 0 Å². The Morgan fingerprint density at radius 2 is 1.81 bits per heavy atom. The molecule has 0 bridgehead atoms. The Morgan fingerprint density at radius 3 is 2.63 bits per heavy atom. The van der Waals surface area contributed by atoms with Crippen LogP contribution in [-0.4, -0.2) is 52.5 Å². The summed E-state index contributed by atoms with van der Waals surface area (Å²) in [6.45, 7) is 4.87. The van der Waals surface area contributed by atoms with Gasteiger partial charge in [0.2, 0.25) is 0 Å². The molecule has 0 spiro atoms. The van der Waals surface area contributed by atoms with Crippen molar-refractivity contribution in [2.24, 2.45) is 0 Å². The first-order valence-electron chi connectivity index (χ1n) is 9.72. The Morgan fingerprint density at radius 1 is 1.11 bits per heavy atom. The highest BCUT2D eigenvalue weighted by molar-refractivity contribution is 5.84. The second kappa shape index (κ2) is 8.11. The quantitative estimate of drug-likeness (QED) is 0.833. The summed E-state index contributed by atoms with van der Waals surface area (Å²) in [5, 5.41) is 0. The van der Waals surface area contributed by atoms with E-state index in [9.17, 15) is 4.79 Å². The van der Waals surface area contributed by atoms with E-state index in [1.807, 2.05) is 24.3 Å². The Hall–Kier alpha value is -2.37. The van der Waals surface area contributed by atoms with Crippen LogP contribution in [0.15, 0.2) is 48.5 Å². The van der Waals surface area contributed by atoms with Crippen LogP contribution in [0.3, 0.4) is 0 Å². The Bertz CT molecular complexity index is 802. The van der Waals surface area contributed by atoms with E-state index in [2.05, 4.69) is 36.2 Å². The number of nitrogens with one attached hydrogen (secondary N) is 1. The molecule has 0 amide bonds. The highest BCUT2D eigenvalue weighted by Gasteiger charge is 2.31. The predicted molar refractivity (Wildman–Crippen MR) is 105 cm³/mol. The van der Waals surface area contributed by atoms with Crippen LogP contribution in [0.1, 0.15) is 17.0 Å². The minimum Gasteiger partial charge on any atom is -0.459 e. The number of carbonyl (C=O) groups excluding carboxylic acids is 1. The zero-order valence-electron chi connectivity index (χ0n) is 15.8. The first-order valence-corrected chi connectivity index (χ1v) is 9.72. The van der Waals surface area contributed by atoms with Crippen molar-refractivity contribution < 1.29 is 19.2 Å². The second-order valence-electron chi connectivity index (χ2n) is 7.28. The molecule has 27 heavy (non-hydrogen) atoms. The zero-order valence-corrected chi connectivity index (χ0v) is 15.8. The van der Waals surface area contributed by atoms with Gasteiger partial charge in [0.05, 0.1) is 19.1 Å². The van der Waals surface area contributed by atoms with Gasteiger partial charge in [0, 0.05) is 18.4 Å². The van der Waals surface area contributed by atoms with Crippen molar-refractivity contribution >= 4 is 17.3 Å². The van der Waals surface area contributed by atoms with Gasteiger partial charge in [-0.15, -0.1) is 0 Å². The third kappa shape index (κ3) is 3.84. The highest BCUT2D eigenvalue weighted by atomic mass is 16.5. The SMILES string of the molecule is CN1c2ccccc2CC(C(=O)OCC[NH+]2CCOCC2)c2ccccc21. The smallest absolute Gasteiger partial charge is 0.314 e. The lowest BCUT2D eigenvalue weighted by atomic mass is 9.92. The van der Waals surface area contributed by atoms with Crippen LogP contribution < -0.4 is 9.80 Å². The lowest BCUT2D eigenvalue weighted by molar-refractivity contribution is -0.908. The minimum atomic E-state index is -0.271. The van der Waals surface area contributed by atoms with E-state index in [-0.39, 0.29) is 11.9 Å². The third-order valence-corrected chi connectivity index (χ3v) is 5.63. The van der Waals surface area contributed by atoms with Crippen LogP contribution in [0, 0.1) is 0 Å². The largest absolute Gasteiger partial charge is 0.459 e. The summed E-state index contributed by atoms with van der Waals surface area (Å²) in [4.78, 5) is 16.6. The van der Waals surface area contributed by atoms with Crippen molar-refractivity contribution in [2.45, 2.75) is 12.3 Å². The second-order valence-corrected chi connectivity index (χ2v) is 7.28. The summed E-state index contributed by atoms with van der Waals surface area (Å²) >= 11 is 0. The molecular weight excluding hydrogens is 340 g/mol. The lowest BCUT2D eigenvalue weighted by Crippen LogP contribution is -3.14. The number of nitrogens with zero attached hydrogens (tertiary/aromatic N) is 1. The number of quaternary nitrogens is 1. The molecule has 142 valence electrons. The molecule has 2 heterocycles. The van der Waals surface area contributed by atoms with Crippen LogP contribution in [0.25, 0.3) is 0 Å². The molecule has 1 atom stereocenters. The van der Waals surface area contributed by atoms with Crippen molar-refractivity contribution in [3.8, 4) is 0 Å². The average molecular weight is 367 g/mol. The van der Waals surface area contributed by atoms with E-state index in [0.717, 1.165) is 49.8 Å². The highest BCUT2D eigenvalue weighted by Crippen LogP contribution is 2.40. The summed E-state index contributed by atoms with van der Waals surface area (Å²) in [5.74, 6) is -0.396. The number of benzene rings is 2. The minimum absolute atomic E-state index is 0.125. The fourth-order valence-corrected chi connectivity index (χ4v) is 4.07. The molecule has 2 aliphatic heterocycles. The molecule has 1 fully saturated rings. The standard InChI is InChI=1S/C22H26N2O3/c1-23-20-8-4-2-6-17(20)16-19(18-7-3-5-9-21(18)23)22(25)27-15-12-24-10-13-26-14-11-24/h2-9,19H,10-16H2,1H3/p+1. The van der Waals surface area contributed by atoms with Gasteiger partial charge in [-0.25, -0.2) is 0 Å². The number of hydrogen-bond acceptors (Lipinski definition) is 4. The van der Waals surface area contributed by atoms with Crippen LogP contribution in [0.4, 0.5) is 11.4 Å². The van der Waals surface area contributed by atoms with E-state index in [4.69, 9.17) is 9.47 Å². The average Bonchev–Trinajstić information content (AvgIpc) is 2.84. The molecular formula is C22H27N2O3+. The van der Waals surface area contributed by atoms with Gasteiger partial charge in [-0.3, -0.25) is 4.79 Å². The molecule has 1 saturated heterocycles. The number of para-hydroxylation sites is 2. The first-order chi connectivity index (χ1) is 13.2. The van der Waals surface area contributed by atoms with Crippen molar-refractivity contribution in [1.29, 1.82) is 0 Å². The maximum Gasteiger partial charge on any atom is 0.314 e. The zero-order chi connectivity index (χ0) is 18.6. The number of rotatable bonds is 4. The normalized spacial score (nSPS) is 19.7. The van der Waals surface area contributed by atoms with Gasteiger partial charge in [-0.2, -0.15) is 0 Å². The first kappa shape index (κ1) is 18.0. The topological polar surface area (TPSA) is 43.2 Å². The fourth-order valence-electron chi connectivity index (χ4n) is 4.07. The maximum absolute atomic E-state index is 13.0. The number of hydrogen-bond donors (Lipinski definition) is 1. The molecule has 0 aromatic heterocycles. The molecule has 0 aliphatic carbocycles. The van der Waals surface area contributed by atoms with Gasteiger partial charge < -0.3 is 19.3 Å². The van der Waals surface area contributed by atoms with Gasteiger partial charge in [-0.1, -0.05) is 36.4 Å². The summed E-state index contributed by atoms with van der Waals surface area (Å²) in [7, 11) is 2.06. The maximum atomic E-state index is 13.0. The Labute approximate surface area is 160 Å². The molecule has 2 aliphatic rings. The van der Waals surface area contributed by atoms with E-state index in [1.165, 1.54) is 10.5 Å². The summed E-state index contributed by atoms with van der Waals surface area (Å²) in [6.07, 6.45) is 0.667. The number of carbonyl (C=O) groups is 1. The number of ether oxygens (including phenoxy) is 2. The number of esters is 1. The number of morpholine rings is 1. The van der Waals surface area contributed by atoms with Gasteiger partial charge in [-0.05, 0) is 29.7 Å². The van der Waals surface area contributed by atoms with Crippen LogP contribution in [0.5, 0.6) is 0 Å². The van der Waals surface area contributed by atoms with Crippen LogP contribution in [0.2, 0.25) is 0 Å². The summed E-state index contributed by atoms with van der Waals surface area (Å²) in [5.41, 5.74) is 4.44. The van der Waals surface area contributed by atoms with Crippen LogP contribution >= 0.6 is 0 Å². The van der Waals surface area contributed by atoms with E-state index in [0.29, 0.717) is 13.0 Å². The predicted octanol–water partition coefficient (Wildman–Crippen LogP) is 1.55. The molecule has 2 aromatic carbocycles. The van der Waals surface area contributed by atoms with Crippen molar-refractivity contribution in [2.75, 3.05) is 51.4 Å². The molecule has 5 nitrogen and oxygen atoms in total. The van der Waals surface area contributed by atoms with E-state index in [1.54, 1.807) is 0 Å². The summed E-state index contributed by atoms with van der Waals surface area (Å²) in [6, 6.07) is 16.5.